The van der Waals surface area contributed by atoms with Gasteiger partial charge in [-0.15, -0.1) is 0 Å². The van der Waals surface area contributed by atoms with Gasteiger partial charge in [0.2, 0.25) is 4.38 Å². The molecule has 0 aromatic rings. The van der Waals surface area contributed by atoms with Crippen molar-refractivity contribution in [2.75, 3.05) is 34.8 Å². The topological polar surface area (TPSA) is 99.4 Å². The summed E-state index contributed by atoms with van der Waals surface area (Å²) in [6.45, 7) is 2.18. The molecule has 7 nitrogen and oxygen atoms in total. The van der Waals surface area contributed by atoms with Crippen LogP contribution in [0.2, 0.25) is 0 Å². The number of nitrogens with zero attached hydrogens (tertiary/aromatic N) is 6. The Hall–Kier alpha value is -2.54. The molecule has 0 N–H and O–H groups in total. The zero-order valence-corrected chi connectivity index (χ0v) is 15.8. The zero-order chi connectivity index (χ0) is 18.7. The summed E-state index contributed by atoms with van der Waals surface area (Å²) in [7, 11) is 7.17. The quantitative estimate of drug-likeness (QED) is 0.318. The average molecular weight is 362 g/mol. The Bertz CT molecular complexity index is 660. The highest BCUT2D eigenvalue weighted by atomic mass is 32.2. The number of ether oxygens (including phenoxy) is 1. The normalized spacial score (nSPS) is 9.67. The number of aliphatic imine (C=N–C) groups is 1. The summed E-state index contributed by atoms with van der Waals surface area (Å²) in [5.41, 5.74) is 0.0764. The van der Waals surface area contributed by atoms with E-state index in [4.69, 9.17) is 27.5 Å². The molecular weight excluding hydrogens is 344 g/mol. The minimum atomic E-state index is -0.177. The molecule has 0 aliphatic heterocycles. The summed E-state index contributed by atoms with van der Waals surface area (Å²) in [5.74, 6) is 0.604. The lowest BCUT2D eigenvalue weighted by Gasteiger charge is -2.26. The van der Waals surface area contributed by atoms with Crippen molar-refractivity contribution in [1.82, 2.24) is 9.80 Å². The highest BCUT2D eigenvalue weighted by Gasteiger charge is 2.19. The summed E-state index contributed by atoms with van der Waals surface area (Å²) < 4.78 is 5.43. The lowest BCUT2D eigenvalue weighted by atomic mass is 10.3. The van der Waals surface area contributed by atoms with Crippen LogP contribution >= 0.6 is 24.0 Å². The Morgan fingerprint density at radius 1 is 1.12 bits per heavy atom. The number of allylic oxidation sites excluding steroid dienone is 1. The Kier molecular flexibility index (Phi) is 9.90. The molecule has 0 unspecified atom stereocenters. The lowest BCUT2D eigenvalue weighted by Crippen LogP contribution is -2.28. The van der Waals surface area contributed by atoms with E-state index in [1.54, 1.807) is 57.1 Å². The maximum atomic E-state index is 9.60. The molecule has 0 atom stereocenters. The smallest absolute Gasteiger partial charge is 0.226 e. The number of thiocarbonyl (C=S) groups is 1. The first-order chi connectivity index (χ1) is 11.3. The predicted molar refractivity (Wildman–Crippen MR) is 98.6 cm³/mol. The van der Waals surface area contributed by atoms with Gasteiger partial charge in [-0.3, -0.25) is 0 Å². The van der Waals surface area contributed by atoms with Crippen LogP contribution in [0.1, 0.15) is 6.92 Å². The number of thioether (sulfide) groups is 1. The summed E-state index contributed by atoms with van der Waals surface area (Å²) in [4.78, 5) is 7.64. The number of hydrogen-bond acceptors (Lipinski definition) is 9. The fourth-order valence-electron chi connectivity index (χ4n) is 1.61. The molecule has 0 fully saturated rings. The molecule has 0 saturated heterocycles. The molecule has 24 heavy (non-hydrogen) atoms. The Labute approximate surface area is 152 Å². The maximum absolute atomic E-state index is 9.60. The van der Waals surface area contributed by atoms with Crippen LogP contribution < -0.4 is 0 Å². The van der Waals surface area contributed by atoms with Gasteiger partial charge in [-0.2, -0.15) is 15.8 Å². The summed E-state index contributed by atoms with van der Waals surface area (Å²) >= 11 is 6.09. The minimum absolute atomic E-state index is 0.177. The van der Waals surface area contributed by atoms with Gasteiger partial charge in [-0.1, -0.05) is 0 Å². The molecule has 0 heterocycles. The van der Waals surface area contributed by atoms with Gasteiger partial charge in [0, 0.05) is 28.2 Å². The van der Waals surface area contributed by atoms with Gasteiger partial charge in [-0.25, -0.2) is 4.99 Å². The first kappa shape index (κ1) is 21.5. The molecule has 0 bridgehead atoms. The van der Waals surface area contributed by atoms with E-state index in [2.05, 4.69) is 11.1 Å². The number of rotatable bonds is 5. The summed E-state index contributed by atoms with van der Waals surface area (Å²) in [5, 5.41) is 27.5. The van der Waals surface area contributed by atoms with Crippen LogP contribution in [0.15, 0.2) is 28.2 Å². The molecule has 0 aromatic carbocycles. The van der Waals surface area contributed by atoms with E-state index in [0.717, 1.165) is 18.0 Å². The largest absolute Gasteiger partial charge is 0.479 e. The van der Waals surface area contributed by atoms with E-state index in [1.807, 2.05) is 0 Å². The van der Waals surface area contributed by atoms with Crippen LogP contribution in [0.4, 0.5) is 0 Å². The van der Waals surface area contributed by atoms with Crippen molar-refractivity contribution in [2.45, 2.75) is 6.92 Å². The molecule has 0 saturated carbocycles. The van der Waals surface area contributed by atoms with Crippen LogP contribution in [0.25, 0.3) is 0 Å². The van der Waals surface area contributed by atoms with Crippen molar-refractivity contribution in [3.63, 3.8) is 0 Å². The van der Waals surface area contributed by atoms with Crippen LogP contribution in [-0.2, 0) is 4.74 Å². The van der Waals surface area contributed by atoms with Gasteiger partial charge < -0.3 is 14.5 Å². The van der Waals surface area contributed by atoms with Crippen molar-refractivity contribution in [3.05, 3.63) is 23.2 Å². The molecule has 0 rings (SSSR count). The molecule has 0 aromatic heterocycles. The Morgan fingerprint density at radius 3 is 2.04 bits per heavy atom. The first-order valence-electron chi connectivity index (χ1n) is 6.74. The van der Waals surface area contributed by atoms with Crippen molar-refractivity contribution in [2.24, 2.45) is 4.99 Å². The van der Waals surface area contributed by atoms with Crippen molar-refractivity contribution in [1.29, 1.82) is 15.8 Å². The molecular formula is C15H18N6OS2. The minimum Gasteiger partial charge on any atom is -0.479 e. The maximum Gasteiger partial charge on any atom is 0.226 e. The second kappa shape index (κ2) is 11.1. The summed E-state index contributed by atoms with van der Waals surface area (Å²) in [6.07, 6.45) is 1.11. The fourth-order valence-corrected chi connectivity index (χ4v) is 2.65. The van der Waals surface area contributed by atoms with Crippen molar-refractivity contribution >= 4 is 33.4 Å². The SMILES string of the molecule is CCOC(=S)SC(=NC=C(C#N)C#N)C(C#N)=C(N(C)C)N(C)C. The van der Waals surface area contributed by atoms with Crippen molar-refractivity contribution < 1.29 is 4.74 Å². The molecule has 0 spiro atoms. The van der Waals surface area contributed by atoms with E-state index < -0.39 is 0 Å². The molecule has 0 radical (unpaired) electrons. The average Bonchev–Trinajstić information content (AvgIpc) is 2.51. The monoisotopic (exact) mass is 362 g/mol. The van der Waals surface area contributed by atoms with E-state index in [1.165, 1.54) is 0 Å². The van der Waals surface area contributed by atoms with Gasteiger partial charge in [0.1, 0.15) is 40.2 Å². The first-order valence-corrected chi connectivity index (χ1v) is 7.96. The molecule has 0 amide bonds. The van der Waals surface area contributed by atoms with Crippen LogP contribution in [0.5, 0.6) is 0 Å². The Morgan fingerprint density at radius 2 is 1.67 bits per heavy atom. The third-order valence-corrected chi connectivity index (χ3v) is 3.55. The predicted octanol–water partition coefficient (Wildman–Crippen LogP) is 2.23. The van der Waals surface area contributed by atoms with Crippen LogP contribution in [0, 0.1) is 34.0 Å². The van der Waals surface area contributed by atoms with Crippen LogP contribution in [0.3, 0.4) is 0 Å². The highest BCUT2D eigenvalue weighted by molar-refractivity contribution is 8.33. The molecule has 126 valence electrons. The van der Waals surface area contributed by atoms with Crippen LogP contribution in [-0.4, -0.2) is 54.0 Å². The molecule has 0 aliphatic carbocycles. The van der Waals surface area contributed by atoms with Gasteiger partial charge in [0.05, 0.1) is 12.8 Å². The third kappa shape index (κ3) is 6.70. The van der Waals surface area contributed by atoms with Gasteiger partial charge in [0.25, 0.3) is 0 Å². The number of hydrogen-bond donors (Lipinski definition) is 0. The van der Waals surface area contributed by atoms with E-state index >= 15 is 0 Å². The van der Waals surface area contributed by atoms with E-state index in [9.17, 15) is 5.26 Å². The number of nitriles is 3. The third-order valence-electron chi connectivity index (χ3n) is 2.39. The van der Waals surface area contributed by atoms with Gasteiger partial charge in [0.15, 0.2) is 0 Å². The highest BCUT2D eigenvalue weighted by Crippen LogP contribution is 2.21. The standard InChI is InChI=1S/C15H18N6OS2/c1-6-22-15(23)24-13(19-10-11(7-16)8-17)12(9-18)14(20(2)3)21(4)5/h10H,6H2,1-5H3. The fraction of sp³-hybridized carbons (Fsp3) is 0.400. The lowest BCUT2D eigenvalue weighted by molar-refractivity contribution is 0.341. The molecule has 9 heteroatoms. The van der Waals surface area contributed by atoms with Gasteiger partial charge >= 0.3 is 0 Å². The van der Waals surface area contributed by atoms with Crippen molar-refractivity contribution in [3.8, 4) is 18.2 Å². The van der Waals surface area contributed by atoms with Gasteiger partial charge in [-0.05, 0) is 30.9 Å². The van der Waals surface area contributed by atoms with E-state index in [0.29, 0.717) is 12.4 Å². The summed E-state index contributed by atoms with van der Waals surface area (Å²) in [6, 6.07) is 5.54. The van der Waals surface area contributed by atoms with E-state index in [-0.39, 0.29) is 20.6 Å². The molecule has 0 aliphatic rings. The second-order valence-corrected chi connectivity index (χ2v) is 6.18. The Balaban J connectivity index is 6.24. The zero-order valence-electron chi connectivity index (χ0n) is 14.2. The second-order valence-electron chi connectivity index (χ2n) is 4.58.